The first kappa shape index (κ1) is 10.3. The average Bonchev–Trinajstić information content (AvgIpc) is 2.07. The molecule has 5 nitrogen and oxygen atoms in total. The van der Waals surface area contributed by atoms with E-state index in [0.29, 0.717) is 11.4 Å². The van der Waals surface area contributed by atoms with Gasteiger partial charge in [-0.2, -0.15) is 0 Å². The van der Waals surface area contributed by atoms with E-state index in [-0.39, 0.29) is 11.7 Å². The molecule has 1 aromatic rings. The zero-order valence-corrected chi connectivity index (χ0v) is 8.15. The van der Waals surface area contributed by atoms with Gasteiger partial charge in [-0.1, -0.05) is 0 Å². The quantitative estimate of drug-likeness (QED) is 0.439. The summed E-state index contributed by atoms with van der Waals surface area (Å²) in [7, 11) is 0. The first-order chi connectivity index (χ1) is 6.50. The summed E-state index contributed by atoms with van der Waals surface area (Å²) in [5.74, 6) is 0. The van der Waals surface area contributed by atoms with Gasteiger partial charge in [0, 0.05) is 18.2 Å². The predicted octanol–water partition coefficient (Wildman–Crippen LogP) is 2.00. The molecule has 0 bridgehead atoms. The molecule has 14 heavy (non-hydrogen) atoms. The molecule has 0 amide bonds. The van der Waals surface area contributed by atoms with Gasteiger partial charge in [0.1, 0.15) is 0 Å². The van der Waals surface area contributed by atoms with Crippen LogP contribution in [0.3, 0.4) is 0 Å². The molecule has 0 atom stereocenters. The summed E-state index contributed by atoms with van der Waals surface area (Å²) in [6.07, 6.45) is 0. The van der Waals surface area contributed by atoms with Gasteiger partial charge in [-0.25, -0.2) is 0 Å². The molecule has 0 aliphatic carbocycles. The Balaban J connectivity index is 3.02. The number of benzene rings is 1. The van der Waals surface area contributed by atoms with Crippen molar-refractivity contribution < 1.29 is 4.92 Å². The van der Waals surface area contributed by atoms with Crippen LogP contribution in [0, 0.1) is 10.1 Å². The van der Waals surface area contributed by atoms with E-state index in [2.05, 4.69) is 5.32 Å². The summed E-state index contributed by atoms with van der Waals surface area (Å²) in [5, 5.41) is 13.5. The SMILES string of the molecule is CC(C)Nc1cc([N+](=O)[O-])ccc1N. The van der Waals surface area contributed by atoms with E-state index in [1.54, 1.807) is 0 Å². The maximum atomic E-state index is 10.5. The molecule has 3 N–H and O–H groups in total. The van der Waals surface area contributed by atoms with Crippen LogP contribution in [0.4, 0.5) is 17.1 Å². The highest BCUT2D eigenvalue weighted by Gasteiger charge is 2.09. The molecule has 5 heteroatoms. The van der Waals surface area contributed by atoms with Crippen LogP contribution < -0.4 is 11.1 Å². The lowest BCUT2D eigenvalue weighted by atomic mass is 10.2. The van der Waals surface area contributed by atoms with Crippen LogP contribution in [-0.4, -0.2) is 11.0 Å². The highest BCUT2D eigenvalue weighted by Crippen LogP contribution is 2.24. The van der Waals surface area contributed by atoms with E-state index in [1.165, 1.54) is 18.2 Å². The molecule has 0 unspecified atom stereocenters. The molecular weight excluding hydrogens is 182 g/mol. The molecule has 0 saturated heterocycles. The second-order valence-electron chi connectivity index (χ2n) is 3.33. The molecule has 0 saturated carbocycles. The largest absolute Gasteiger partial charge is 0.397 e. The minimum absolute atomic E-state index is 0.0438. The fourth-order valence-corrected chi connectivity index (χ4v) is 1.09. The fourth-order valence-electron chi connectivity index (χ4n) is 1.09. The Kier molecular flexibility index (Phi) is 2.91. The predicted molar refractivity (Wildman–Crippen MR) is 56.3 cm³/mol. The van der Waals surface area contributed by atoms with Gasteiger partial charge >= 0.3 is 0 Å². The molecule has 0 aliphatic heterocycles. The van der Waals surface area contributed by atoms with Crippen molar-refractivity contribution in [3.05, 3.63) is 28.3 Å². The number of hydrogen-bond donors (Lipinski definition) is 2. The van der Waals surface area contributed by atoms with Crippen LogP contribution in [-0.2, 0) is 0 Å². The highest BCUT2D eigenvalue weighted by atomic mass is 16.6. The Bertz CT molecular complexity index is 350. The van der Waals surface area contributed by atoms with E-state index < -0.39 is 4.92 Å². The van der Waals surface area contributed by atoms with Crippen molar-refractivity contribution >= 4 is 17.1 Å². The van der Waals surface area contributed by atoms with Crippen molar-refractivity contribution in [3.8, 4) is 0 Å². The molecule has 0 heterocycles. The number of anilines is 2. The van der Waals surface area contributed by atoms with Crippen LogP contribution in [0.1, 0.15) is 13.8 Å². The third kappa shape index (κ3) is 2.35. The summed E-state index contributed by atoms with van der Waals surface area (Å²) in [5.41, 5.74) is 6.82. The third-order valence-corrected chi connectivity index (χ3v) is 1.69. The molecule has 0 fully saturated rings. The van der Waals surface area contributed by atoms with Gasteiger partial charge in [0.25, 0.3) is 5.69 Å². The molecule has 0 radical (unpaired) electrons. The van der Waals surface area contributed by atoms with E-state index in [0.717, 1.165) is 0 Å². The second-order valence-corrected chi connectivity index (χ2v) is 3.33. The summed E-state index contributed by atoms with van der Waals surface area (Å²) in [6, 6.07) is 4.55. The van der Waals surface area contributed by atoms with Crippen molar-refractivity contribution in [2.24, 2.45) is 0 Å². The second kappa shape index (κ2) is 3.95. The van der Waals surface area contributed by atoms with E-state index in [4.69, 9.17) is 5.73 Å². The lowest BCUT2D eigenvalue weighted by molar-refractivity contribution is -0.384. The molecule has 0 aliphatic rings. The highest BCUT2D eigenvalue weighted by molar-refractivity contribution is 5.69. The first-order valence-corrected chi connectivity index (χ1v) is 4.31. The van der Waals surface area contributed by atoms with Gasteiger partial charge in [-0.3, -0.25) is 10.1 Å². The van der Waals surface area contributed by atoms with E-state index in [1.807, 2.05) is 13.8 Å². The number of nitrogens with two attached hydrogens (primary N) is 1. The maximum Gasteiger partial charge on any atom is 0.271 e. The number of nitrogens with zero attached hydrogens (tertiary/aromatic N) is 1. The Labute approximate surface area is 82.1 Å². The topological polar surface area (TPSA) is 81.2 Å². The normalized spacial score (nSPS) is 10.2. The summed E-state index contributed by atoms with van der Waals surface area (Å²) in [4.78, 5) is 10.0. The number of nitro groups is 1. The summed E-state index contributed by atoms with van der Waals surface area (Å²) >= 11 is 0. The third-order valence-electron chi connectivity index (χ3n) is 1.69. The van der Waals surface area contributed by atoms with Gasteiger partial charge in [0.05, 0.1) is 16.3 Å². The van der Waals surface area contributed by atoms with Gasteiger partial charge in [0.15, 0.2) is 0 Å². The van der Waals surface area contributed by atoms with Crippen LogP contribution in [0.5, 0.6) is 0 Å². The van der Waals surface area contributed by atoms with Gasteiger partial charge in [-0.05, 0) is 19.9 Å². The van der Waals surface area contributed by atoms with Crippen molar-refractivity contribution in [2.75, 3.05) is 11.1 Å². The van der Waals surface area contributed by atoms with Crippen LogP contribution >= 0.6 is 0 Å². The Morgan fingerprint density at radius 3 is 2.64 bits per heavy atom. The van der Waals surface area contributed by atoms with Gasteiger partial charge in [-0.15, -0.1) is 0 Å². The number of non-ortho nitro benzene ring substituents is 1. The van der Waals surface area contributed by atoms with E-state index in [9.17, 15) is 10.1 Å². The number of rotatable bonds is 3. The molecule has 0 aromatic heterocycles. The lowest BCUT2D eigenvalue weighted by Crippen LogP contribution is -2.11. The van der Waals surface area contributed by atoms with Crippen molar-refractivity contribution in [2.45, 2.75) is 19.9 Å². The standard InChI is InChI=1S/C9H13N3O2/c1-6(2)11-9-5-7(12(13)14)3-4-8(9)10/h3-6,11H,10H2,1-2H3. The monoisotopic (exact) mass is 195 g/mol. The van der Waals surface area contributed by atoms with Crippen molar-refractivity contribution in [1.29, 1.82) is 0 Å². The fraction of sp³-hybridized carbons (Fsp3) is 0.333. The summed E-state index contributed by atoms with van der Waals surface area (Å²) in [6.45, 7) is 3.89. The minimum Gasteiger partial charge on any atom is -0.397 e. The van der Waals surface area contributed by atoms with Crippen LogP contribution in [0.25, 0.3) is 0 Å². The smallest absolute Gasteiger partial charge is 0.271 e. The van der Waals surface area contributed by atoms with Crippen molar-refractivity contribution in [1.82, 2.24) is 0 Å². The first-order valence-electron chi connectivity index (χ1n) is 4.31. The van der Waals surface area contributed by atoms with Gasteiger partial charge < -0.3 is 11.1 Å². The molecule has 76 valence electrons. The molecular formula is C9H13N3O2. The van der Waals surface area contributed by atoms with Crippen LogP contribution in [0.2, 0.25) is 0 Å². The zero-order chi connectivity index (χ0) is 10.7. The molecule has 0 spiro atoms. The van der Waals surface area contributed by atoms with Crippen LogP contribution in [0.15, 0.2) is 18.2 Å². The number of nitrogens with one attached hydrogen (secondary N) is 1. The molecule has 1 aromatic carbocycles. The summed E-state index contributed by atoms with van der Waals surface area (Å²) < 4.78 is 0. The number of hydrogen-bond acceptors (Lipinski definition) is 4. The number of nitro benzene ring substituents is 1. The van der Waals surface area contributed by atoms with Crippen molar-refractivity contribution in [3.63, 3.8) is 0 Å². The Hall–Kier alpha value is -1.78. The number of nitrogen functional groups attached to an aromatic ring is 1. The zero-order valence-electron chi connectivity index (χ0n) is 8.15. The lowest BCUT2D eigenvalue weighted by Gasteiger charge is -2.11. The Morgan fingerprint density at radius 2 is 2.14 bits per heavy atom. The Morgan fingerprint density at radius 1 is 1.50 bits per heavy atom. The van der Waals surface area contributed by atoms with E-state index >= 15 is 0 Å². The maximum absolute atomic E-state index is 10.5. The minimum atomic E-state index is -0.440. The van der Waals surface area contributed by atoms with Gasteiger partial charge in [0.2, 0.25) is 0 Å². The average molecular weight is 195 g/mol. The molecule has 1 rings (SSSR count).